The summed E-state index contributed by atoms with van der Waals surface area (Å²) in [6, 6.07) is 7.37. The lowest BCUT2D eigenvalue weighted by Gasteiger charge is -2.25. The number of carbonyl (C=O) groups excluding carboxylic acids is 1. The highest BCUT2D eigenvalue weighted by atomic mass is 35.5. The Kier molecular flexibility index (Phi) is 4.33. The van der Waals surface area contributed by atoms with Gasteiger partial charge in [0.05, 0.1) is 5.41 Å². The minimum absolute atomic E-state index is 0.0638. The zero-order valence-electron chi connectivity index (χ0n) is 9.59. The molecule has 0 bridgehead atoms. The summed E-state index contributed by atoms with van der Waals surface area (Å²) in [6.07, 6.45) is 0. The molecule has 1 aromatic rings. The molecule has 0 aliphatic heterocycles. The number of benzene rings is 1. The summed E-state index contributed by atoms with van der Waals surface area (Å²) in [6.45, 7) is 4.61. The van der Waals surface area contributed by atoms with Crippen LogP contribution in [-0.4, -0.2) is 19.0 Å². The van der Waals surface area contributed by atoms with E-state index in [0.29, 0.717) is 18.1 Å². The van der Waals surface area contributed by atoms with Gasteiger partial charge >= 0.3 is 0 Å². The quantitative estimate of drug-likeness (QED) is 0.842. The monoisotopic (exact) mass is 240 g/mol. The van der Waals surface area contributed by atoms with Gasteiger partial charge in [0, 0.05) is 18.1 Å². The van der Waals surface area contributed by atoms with Crippen molar-refractivity contribution >= 4 is 17.5 Å². The first-order valence-corrected chi connectivity index (χ1v) is 5.61. The van der Waals surface area contributed by atoms with Gasteiger partial charge in [0.2, 0.25) is 5.91 Å². The van der Waals surface area contributed by atoms with Crippen molar-refractivity contribution < 1.29 is 4.79 Å². The van der Waals surface area contributed by atoms with E-state index in [0.717, 1.165) is 5.56 Å². The van der Waals surface area contributed by atoms with Crippen molar-refractivity contribution in [2.45, 2.75) is 19.3 Å². The SMILES string of the molecule is CC(C)(C(=O)NCCN)c1ccccc1Cl. The van der Waals surface area contributed by atoms with Gasteiger partial charge in [0.15, 0.2) is 0 Å². The van der Waals surface area contributed by atoms with Crippen LogP contribution in [0.15, 0.2) is 24.3 Å². The van der Waals surface area contributed by atoms with Crippen LogP contribution < -0.4 is 11.1 Å². The molecule has 4 heteroatoms. The van der Waals surface area contributed by atoms with Gasteiger partial charge in [-0.1, -0.05) is 29.8 Å². The van der Waals surface area contributed by atoms with Crippen LogP contribution in [0, 0.1) is 0 Å². The Hall–Kier alpha value is -1.06. The summed E-state index contributed by atoms with van der Waals surface area (Å²) in [7, 11) is 0. The first-order valence-electron chi connectivity index (χ1n) is 5.23. The first-order chi connectivity index (χ1) is 7.50. The number of carbonyl (C=O) groups is 1. The molecule has 1 amide bonds. The molecule has 0 atom stereocenters. The molecule has 0 saturated heterocycles. The van der Waals surface area contributed by atoms with Crippen molar-refractivity contribution in [2.24, 2.45) is 5.73 Å². The fourth-order valence-corrected chi connectivity index (χ4v) is 1.87. The van der Waals surface area contributed by atoms with E-state index < -0.39 is 5.41 Å². The fourth-order valence-electron chi connectivity index (χ4n) is 1.50. The molecule has 0 spiro atoms. The summed E-state index contributed by atoms with van der Waals surface area (Å²) < 4.78 is 0. The maximum absolute atomic E-state index is 12.0. The average molecular weight is 241 g/mol. The van der Waals surface area contributed by atoms with E-state index in [-0.39, 0.29) is 5.91 Å². The van der Waals surface area contributed by atoms with Gasteiger partial charge in [0.25, 0.3) is 0 Å². The van der Waals surface area contributed by atoms with E-state index >= 15 is 0 Å². The number of hydrogen-bond acceptors (Lipinski definition) is 2. The van der Waals surface area contributed by atoms with Crippen LogP contribution in [0.2, 0.25) is 5.02 Å². The Bertz CT molecular complexity index is 377. The minimum atomic E-state index is -0.645. The molecule has 16 heavy (non-hydrogen) atoms. The van der Waals surface area contributed by atoms with Crippen LogP contribution in [-0.2, 0) is 10.2 Å². The number of nitrogens with one attached hydrogen (secondary N) is 1. The van der Waals surface area contributed by atoms with Gasteiger partial charge in [-0.3, -0.25) is 4.79 Å². The summed E-state index contributed by atoms with van der Waals surface area (Å²) in [5.74, 6) is -0.0638. The first kappa shape index (κ1) is 13.0. The van der Waals surface area contributed by atoms with Crippen LogP contribution in [0.3, 0.4) is 0 Å². The molecule has 0 unspecified atom stereocenters. The highest BCUT2D eigenvalue weighted by molar-refractivity contribution is 6.31. The molecule has 0 radical (unpaired) electrons. The number of nitrogens with two attached hydrogens (primary N) is 1. The summed E-state index contributed by atoms with van der Waals surface area (Å²) in [5.41, 5.74) is 5.53. The van der Waals surface area contributed by atoms with Crippen LogP contribution in [0.1, 0.15) is 19.4 Å². The highest BCUT2D eigenvalue weighted by Gasteiger charge is 2.30. The van der Waals surface area contributed by atoms with Crippen molar-refractivity contribution in [2.75, 3.05) is 13.1 Å². The Labute approximate surface area is 101 Å². The lowest BCUT2D eigenvalue weighted by atomic mass is 9.83. The fraction of sp³-hybridized carbons (Fsp3) is 0.417. The van der Waals surface area contributed by atoms with Crippen LogP contribution in [0.25, 0.3) is 0 Å². The molecule has 0 aromatic heterocycles. The van der Waals surface area contributed by atoms with Crippen molar-refractivity contribution in [3.63, 3.8) is 0 Å². The van der Waals surface area contributed by atoms with Crippen LogP contribution in [0.4, 0.5) is 0 Å². The number of halogens is 1. The Morgan fingerprint density at radius 2 is 2.06 bits per heavy atom. The molecular formula is C12H17ClN2O. The van der Waals surface area contributed by atoms with Crippen LogP contribution in [0.5, 0.6) is 0 Å². The van der Waals surface area contributed by atoms with Crippen LogP contribution >= 0.6 is 11.6 Å². The third-order valence-electron chi connectivity index (χ3n) is 2.54. The van der Waals surface area contributed by atoms with Gasteiger partial charge in [0.1, 0.15) is 0 Å². The van der Waals surface area contributed by atoms with Crippen molar-refractivity contribution in [3.05, 3.63) is 34.9 Å². The minimum Gasteiger partial charge on any atom is -0.354 e. The van der Waals surface area contributed by atoms with E-state index in [1.54, 1.807) is 6.07 Å². The van der Waals surface area contributed by atoms with E-state index in [2.05, 4.69) is 5.32 Å². The summed E-state index contributed by atoms with van der Waals surface area (Å²) in [4.78, 5) is 12.0. The average Bonchev–Trinajstić information content (AvgIpc) is 2.26. The Morgan fingerprint density at radius 1 is 1.44 bits per heavy atom. The van der Waals surface area contributed by atoms with Gasteiger partial charge in [-0.05, 0) is 25.5 Å². The number of rotatable bonds is 4. The number of amides is 1. The second-order valence-electron chi connectivity index (χ2n) is 4.15. The van der Waals surface area contributed by atoms with E-state index in [4.69, 9.17) is 17.3 Å². The van der Waals surface area contributed by atoms with Crippen molar-refractivity contribution in [3.8, 4) is 0 Å². The third kappa shape index (κ3) is 2.74. The maximum Gasteiger partial charge on any atom is 0.230 e. The molecule has 3 N–H and O–H groups in total. The van der Waals surface area contributed by atoms with Crippen molar-refractivity contribution in [1.29, 1.82) is 0 Å². The normalized spacial score (nSPS) is 11.2. The predicted molar refractivity (Wildman–Crippen MR) is 66.5 cm³/mol. The zero-order chi connectivity index (χ0) is 12.2. The summed E-state index contributed by atoms with van der Waals surface area (Å²) >= 11 is 6.08. The smallest absolute Gasteiger partial charge is 0.230 e. The maximum atomic E-state index is 12.0. The summed E-state index contributed by atoms with van der Waals surface area (Å²) in [5, 5.41) is 3.38. The topological polar surface area (TPSA) is 55.1 Å². The van der Waals surface area contributed by atoms with E-state index in [9.17, 15) is 4.79 Å². The van der Waals surface area contributed by atoms with E-state index in [1.807, 2.05) is 32.0 Å². The molecule has 0 aliphatic rings. The lowest BCUT2D eigenvalue weighted by Crippen LogP contribution is -2.42. The number of hydrogen-bond donors (Lipinski definition) is 2. The predicted octanol–water partition coefficient (Wildman–Crippen LogP) is 1.69. The Balaban J connectivity index is 2.93. The van der Waals surface area contributed by atoms with E-state index in [1.165, 1.54) is 0 Å². The Morgan fingerprint density at radius 3 is 2.62 bits per heavy atom. The third-order valence-corrected chi connectivity index (χ3v) is 2.87. The van der Waals surface area contributed by atoms with Gasteiger partial charge in [-0.25, -0.2) is 0 Å². The molecule has 0 saturated carbocycles. The second-order valence-corrected chi connectivity index (χ2v) is 4.56. The molecule has 0 fully saturated rings. The van der Waals surface area contributed by atoms with Gasteiger partial charge in [-0.15, -0.1) is 0 Å². The standard InChI is InChI=1S/C12H17ClN2O/c1-12(2,11(16)15-8-7-14)9-5-3-4-6-10(9)13/h3-6H,7-8,14H2,1-2H3,(H,15,16). The molecule has 88 valence electrons. The molecular weight excluding hydrogens is 224 g/mol. The largest absolute Gasteiger partial charge is 0.354 e. The molecule has 1 aromatic carbocycles. The van der Waals surface area contributed by atoms with Crippen molar-refractivity contribution in [1.82, 2.24) is 5.32 Å². The molecule has 0 aliphatic carbocycles. The lowest BCUT2D eigenvalue weighted by molar-refractivity contribution is -0.125. The zero-order valence-corrected chi connectivity index (χ0v) is 10.3. The molecule has 1 rings (SSSR count). The van der Waals surface area contributed by atoms with Gasteiger partial charge < -0.3 is 11.1 Å². The second kappa shape index (κ2) is 5.32. The highest BCUT2D eigenvalue weighted by Crippen LogP contribution is 2.29. The molecule has 3 nitrogen and oxygen atoms in total. The van der Waals surface area contributed by atoms with Gasteiger partial charge in [-0.2, -0.15) is 0 Å². The molecule has 0 heterocycles.